The molecule has 3 aliphatic heterocycles. The number of amides is 6. The maximum atomic E-state index is 15.0. The standard InChI is InChI=1S/C49H56N8O9S/c1-27(2)50-48-54-39(26-67-48)37-22-41(34-19-18-30(65-3)20-36(34)51-37)66-31-21-40-42(58)55-49(46(62)63)23-29(49)14-7-5-4-6-8-17-35(45(61)56(40)24-31)52-47(64)53-38(28-12-11-13-28)25-57-43(59)32-15-9-10-16-33(32)44(57)60/h7,9-10,14-16,18-20,22,26-29,31,35,38,40H,4-6,8,11-13,17,21,23-25H2,1-3H3,(H,50,54)(H,55,58)(H,62,63)(H2,52,53,64)/t29?,31-,35+,38-,40+,49-/m1/s1. The van der Waals surface area contributed by atoms with E-state index < -0.39 is 71.3 Å². The smallest absolute Gasteiger partial charge is 0.330 e. The van der Waals surface area contributed by atoms with Gasteiger partial charge in [0, 0.05) is 47.8 Å². The van der Waals surface area contributed by atoms with Crippen molar-refractivity contribution in [1.29, 1.82) is 0 Å². The summed E-state index contributed by atoms with van der Waals surface area (Å²) in [6.07, 6.45) is 8.93. The fraction of sp³-hybridized carbons (Fsp3) is 0.469. The lowest BCUT2D eigenvalue weighted by Gasteiger charge is -2.36. The van der Waals surface area contributed by atoms with Crippen LogP contribution in [-0.2, 0) is 14.4 Å². The van der Waals surface area contributed by atoms with Crippen molar-refractivity contribution >= 4 is 63.0 Å². The number of hydrogen-bond donors (Lipinski definition) is 5. The number of anilines is 1. The Kier molecular flexibility index (Phi) is 12.9. The Bertz CT molecular complexity index is 2600. The molecule has 2 aliphatic carbocycles. The van der Waals surface area contributed by atoms with Crippen LogP contribution in [0.3, 0.4) is 0 Å². The van der Waals surface area contributed by atoms with E-state index in [9.17, 15) is 29.1 Å². The van der Waals surface area contributed by atoms with E-state index in [4.69, 9.17) is 19.4 Å². The maximum absolute atomic E-state index is 15.0. The molecule has 2 aromatic carbocycles. The number of carboxylic acid groups (broad SMARTS) is 1. The van der Waals surface area contributed by atoms with Crippen LogP contribution >= 0.6 is 11.3 Å². The number of carboxylic acids is 1. The third kappa shape index (κ3) is 9.40. The number of aliphatic carboxylic acids is 1. The minimum atomic E-state index is -1.51. The van der Waals surface area contributed by atoms with Crippen molar-refractivity contribution in [2.75, 3.05) is 25.5 Å². The molecule has 0 radical (unpaired) electrons. The molecule has 5 N–H and O–H groups in total. The van der Waals surface area contributed by atoms with Crippen LogP contribution in [0.2, 0.25) is 0 Å². The van der Waals surface area contributed by atoms with Gasteiger partial charge in [-0.25, -0.2) is 19.6 Å². The molecule has 17 nitrogen and oxygen atoms in total. The predicted molar refractivity (Wildman–Crippen MR) is 250 cm³/mol. The van der Waals surface area contributed by atoms with Crippen molar-refractivity contribution < 1.29 is 43.3 Å². The number of ether oxygens (including phenoxy) is 2. The summed E-state index contributed by atoms with van der Waals surface area (Å²) >= 11 is 1.45. The first kappa shape index (κ1) is 45.6. The Morgan fingerprint density at radius 2 is 1.75 bits per heavy atom. The van der Waals surface area contributed by atoms with E-state index in [1.54, 1.807) is 49.6 Å². The molecule has 1 unspecified atom stereocenters. The second kappa shape index (κ2) is 19.0. The number of fused-ring (bicyclic) bond motifs is 4. The molecular formula is C49H56N8O9S. The zero-order valence-corrected chi connectivity index (χ0v) is 38.6. The van der Waals surface area contributed by atoms with Gasteiger partial charge in [-0.2, -0.15) is 0 Å². The second-order valence-electron chi connectivity index (χ2n) is 18.6. The Balaban J connectivity index is 0.996. The Morgan fingerprint density at radius 3 is 2.45 bits per heavy atom. The molecule has 2 saturated carbocycles. The summed E-state index contributed by atoms with van der Waals surface area (Å²) in [5.41, 5.74) is 0.878. The van der Waals surface area contributed by atoms with Gasteiger partial charge in [0.05, 0.1) is 42.0 Å². The summed E-state index contributed by atoms with van der Waals surface area (Å²) in [5.74, 6) is -2.47. The minimum absolute atomic E-state index is 0.0178. The first-order chi connectivity index (χ1) is 32.3. The normalized spacial score (nSPS) is 24.7. The van der Waals surface area contributed by atoms with E-state index in [1.807, 2.05) is 37.4 Å². The van der Waals surface area contributed by atoms with Crippen LogP contribution in [0.1, 0.15) is 98.8 Å². The van der Waals surface area contributed by atoms with E-state index in [0.29, 0.717) is 57.8 Å². The van der Waals surface area contributed by atoms with Gasteiger partial charge in [0.2, 0.25) is 11.8 Å². The lowest BCUT2D eigenvalue weighted by molar-refractivity contribution is -0.145. The summed E-state index contributed by atoms with van der Waals surface area (Å²) in [7, 11) is 1.57. The number of urea groups is 1. The maximum Gasteiger partial charge on any atom is 0.330 e. The Labute approximate surface area is 392 Å². The number of imide groups is 1. The number of hydrogen-bond acceptors (Lipinski definition) is 12. The van der Waals surface area contributed by atoms with Crippen molar-refractivity contribution in [2.24, 2.45) is 11.8 Å². The van der Waals surface area contributed by atoms with E-state index in [-0.39, 0.29) is 44.3 Å². The number of rotatable bonds is 12. The third-order valence-corrected chi connectivity index (χ3v) is 14.4. The van der Waals surface area contributed by atoms with Gasteiger partial charge in [0.25, 0.3) is 11.8 Å². The zero-order chi connectivity index (χ0) is 47.0. The third-order valence-electron chi connectivity index (χ3n) is 13.7. The Morgan fingerprint density at radius 1 is 0.970 bits per heavy atom. The highest BCUT2D eigenvalue weighted by Crippen LogP contribution is 2.46. The molecule has 2 aromatic heterocycles. The average Bonchev–Trinajstić information content (AvgIpc) is 3.51. The van der Waals surface area contributed by atoms with Crippen LogP contribution in [0.15, 0.2) is 66.1 Å². The molecule has 4 aromatic rings. The number of nitrogens with one attached hydrogen (secondary N) is 4. The van der Waals surface area contributed by atoms with Gasteiger partial charge in [-0.05, 0) is 82.6 Å². The summed E-state index contributed by atoms with van der Waals surface area (Å²) in [5, 5.41) is 25.8. The van der Waals surface area contributed by atoms with Gasteiger partial charge in [0.15, 0.2) is 5.13 Å². The van der Waals surface area contributed by atoms with Gasteiger partial charge in [-0.3, -0.25) is 24.1 Å². The van der Waals surface area contributed by atoms with Crippen molar-refractivity contribution in [1.82, 2.24) is 35.7 Å². The quantitative estimate of drug-likeness (QED) is 0.0798. The Hall–Kier alpha value is -6.56. The molecule has 352 valence electrons. The van der Waals surface area contributed by atoms with E-state index in [0.717, 1.165) is 37.2 Å². The molecule has 5 aliphatic rings. The van der Waals surface area contributed by atoms with Gasteiger partial charge in [0.1, 0.15) is 40.9 Å². The molecule has 18 heteroatoms. The van der Waals surface area contributed by atoms with Crippen LogP contribution in [0.4, 0.5) is 9.93 Å². The molecule has 9 rings (SSSR count). The summed E-state index contributed by atoms with van der Waals surface area (Å²) < 4.78 is 12.3. The molecule has 6 amide bonds. The summed E-state index contributed by atoms with van der Waals surface area (Å²) in [4.78, 5) is 95.3. The number of thiazole rings is 1. The number of benzene rings is 2. The van der Waals surface area contributed by atoms with Crippen LogP contribution in [-0.4, -0.2) is 117 Å². The van der Waals surface area contributed by atoms with Gasteiger partial charge < -0.3 is 40.7 Å². The highest BCUT2D eigenvalue weighted by molar-refractivity contribution is 7.14. The number of methoxy groups -OCH3 is 1. The molecule has 67 heavy (non-hydrogen) atoms. The van der Waals surface area contributed by atoms with E-state index in [2.05, 4.69) is 21.3 Å². The van der Waals surface area contributed by atoms with Crippen molar-refractivity contribution in [3.63, 3.8) is 0 Å². The summed E-state index contributed by atoms with van der Waals surface area (Å²) in [6.45, 7) is 3.99. The molecule has 3 fully saturated rings. The largest absolute Gasteiger partial charge is 0.497 e. The van der Waals surface area contributed by atoms with Gasteiger partial charge >= 0.3 is 12.0 Å². The number of carbonyl (C=O) groups is 6. The fourth-order valence-electron chi connectivity index (χ4n) is 9.69. The first-order valence-corrected chi connectivity index (χ1v) is 24.1. The highest BCUT2D eigenvalue weighted by atomic mass is 32.1. The number of allylic oxidation sites excluding steroid dienone is 1. The molecule has 0 spiro atoms. The van der Waals surface area contributed by atoms with E-state index >= 15 is 4.79 Å². The first-order valence-electron chi connectivity index (χ1n) is 23.2. The van der Waals surface area contributed by atoms with Crippen molar-refractivity contribution in [2.45, 2.75) is 114 Å². The SMILES string of the molecule is COc1ccc2c(O[C@@H]3C[C@H]4C(=O)N[C@]5(C(=O)O)CC5C=CCCCCC[C@H](NC(=O)N[C@H](CN5C(=O)c6ccccc6C5=O)C5CCC5)C(=O)N4C3)cc(-c3csc(NC(C)C)n3)nc2c1. The molecule has 6 atom stereocenters. The summed E-state index contributed by atoms with van der Waals surface area (Å²) in [6, 6.07) is 10.6. The van der Waals surface area contributed by atoms with Crippen LogP contribution < -0.4 is 30.7 Å². The van der Waals surface area contributed by atoms with Crippen LogP contribution in [0, 0.1) is 11.8 Å². The highest BCUT2D eigenvalue weighted by Gasteiger charge is 2.61. The topological polar surface area (TPSA) is 221 Å². The zero-order valence-electron chi connectivity index (χ0n) is 37.8. The van der Waals surface area contributed by atoms with Gasteiger partial charge in [-0.1, -0.05) is 43.5 Å². The van der Waals surface area contributed by atoms with Crippen molar-refractivity contribution in [3.05, 3.63) is 77.2 Å². The lowest BCUT2D eigenvalue weighted by Crippen LogP contribution is -2.59. The van der Waals surface area contributed by atoms with Crippen LogP contribution in [0.5, 0.6) is 11.5 Å². The van der Waals surface area contributed by atoms with Gasteiger partial charge in [-0.15, -0.1) is 11.3 Å². The monoisotopic (exact) mass is 932 g/mol. The number of aromatic nitrogens is 2. The molecule has 1 saturated heterocycles. The lowest BCUT2D eigenvalue weighted by atomic mass is 9.79. The fourth-order valence-corrected chi connectivity index (χ4v) is 10.5. The van der Waals surface area contributed by atoms with Crippen molar-refractivity contribution in [3.8, 4) is 22.9 Å². The number of nitrogens with zero attached hydrogens (tertiary/aromatic N) is 4. The molecular weight excluding hydrogens is 877 g/mol. The molecule has 5 heterocycles. The van der Waals surface area contributed by atoms with Crippen LogP contribution in [0.25, 0.3) is 22.3 Å². The van der Waals surface area contributed by atoms with E-state index in [1.165, 1.54) is 21.1 Å². The predicted octanol–water partition coefficient (Wildman–Crippen LogP) is 6.15. The minimum Gasteiger partial charge on any atom is -0.497 e. The number of pyridine rings is 1. The average molecular weight is 933 g/mol. The number of carbonyl (C=O) groups excluding carboxylic acids is 5. The molecule has 0 bridgehead atoms. The second-order valence-corrected chi connectivity index (χ2v) is 19.4.